The van der Waals surface area contributed by atoms with E-state index in [9.17, 15) is 9.59 Å². The molecular weight excluding hydrogens is 230 g/mol. The Morgan fingerprint density at radius 3 is 2.83 bits per heavy atom. The summed E-state index contributed by atoms with van der Waals surface area (Å²) in [5.41, 5.74) is 0.118. The van der Waals surface area contributed by atoms with Crippen LogP contribution in [-0.2, 0) is 13.0 Å². The first-order valence-electron chi connectivity index (χ1n) is 6.76. The van der Waals surface area contributed by atoms with E-state index in [2.05, 4.69) is 10.3 Å². The van der Waals surface area contributed by atoms with Gasteiger partial charge >= 0.3 is 5.69 Å². The molecule has 2 N–H and O–H groups in total. The number of hydrogen-bond acceptors (Lipinski definition) is 3. The number of hydrogen-bond donors (Lipinski definition) is 2. The number of rotatable bonds is 7. The van der Waals surface area contributed by atoms with Gasteiger partial charge in [0.1, 0.15) is 0 Å². The molecule has 2 rings (SSSR count). The van der Waals surface area contributed by atoms with Crippen molar-refractivity contribution in [1.82, 2.24) is 14.9 Å². The quantitative estimate of drug-likeness (QED) is 0.699. The molecular formula is C13H21N3O2. The first kappa shape index (κ1) is 13.1. The highest BCUT2D eigenvalue weighted by molar-refractivity contribution is 5.03. The maximum atomic E-state index is 11.6. The van der Waals surface area contributed by atoms with Crippen LogP contribution in [0.15, 0.2) is 15.8 Å². The lowest BCUT2D eigenvalue weighted by Gasteiger charge is -2.07. The molecule has 1 fully saturated rings. The van der Waals surface area contributed by atoms with Crippen LogP contribution >= 0.6 is 0 Å². The molecule has 1 aliphatic carbocycles. The normalized spacial score (nSPS) is 14.9. The standard InChI is InChI=1S/C13H21N3O2/c1-2-10-9-16(13(18)15-12(10)17)8-4-3-7-14-11-5-6-11/h9,11,14H,2-8H2,1H3,(H,15,17,18). The Balaban J connectivity index is 1.83. The summed E-state index contributed by atoms with van der Waals surface area (Å²) in [4.78, 5) is 25.3. The average molecular weight is 251 g/mol. The molecule has 0 bridgehead atoms. The van der Waals surface area contributed by atoms with Crippen molar-refractivity contribution in [2.45, 2.75) is 51.6 Å². The minimum atomic E-state index is -0.299. The summed E-state index contributed by atoms with van der Waals surface area (Å²) in [7, 11) is 0. The molecule has 0 atom stereocenters. The smallest absolute Gasteiger partial charge is 0.314 e. The highest BCUT2D eigenvalue weighted by atomic mass is 16.2. The van der Waals surface area contributed by atoms with Gasteiger partial charge in [-0.2, -0.15) is 0 Å². The maximum absolute atomic E-state index is 11.6. The Hall–Kier alpha value is -1.36. The van der Waals surface area contributed by atoms with E-state index >= 15 is 0 Å². The lowest BCUT2D eigenvalue weighted by Crippen LogP contribution is -2.31. The monoisotopic (exact) mass is 251 g/mol. The summed E-state index contributed by atoms with van der Waals surface area (Å²) < 4.78 is 1.61. The van der Waals surface area contributed by atoms with Crippen LogP contribution in [0.1, 0.15) is 38.2 Å². The van der Waals surface area contributed by atoms with Crippen molar-refractivity contribution in [3.63, 3.8) is 0 Å². The number of aryl methyl sites for hydroxylation is 2. The molecule has 18 heavy (non-hydrogen) atoms. The Bertz CT molecular complexity index is 500. The second kappa shape index (κ2) is 6.00. The van der Waals surface area contributed by atoms with Crippen molar-refractivity contribution in [2.75, 3.05) is 6.54 Å². The molecule has 0 unspecified atom stereocenters. The topological polar surface area (TPSA) is 66.9 Å². The van der Waals surface area contributed by atoms with Crippen LogP contribution in [0.3, 0.4) is 0 Å². The largest absolute Gasteiger partial charge is 0.328 e. The lowest BCUT2D eigenvalue weighted by molar-refractivity contribution is 0.547. The zero-order chi connectivity index (χ0) is 13.0. The summed E-state index contributed by atoms with van der Waals surface area (Å²) in [6, 6.07) is 0.743. The molecule has 1 aromatic rings. The van der Waals surface area contributed by atoms with Crippen LogP contribution in [0.4, 0.5) is 0 Å². The van der Waals surface area contributed by atoms with Gasteiger partial charge in [-0.25, -0.2) is 4.79 Å². The van der Waals surface area contributed by atoms with Gasteiger partial charge in [-0.1, -0.05) is 6.92 Å². The summed E-state index contributed by atoms with van der Waals surface area (Å²) in [6.45, 7) is 3.61. The average Bonchev–Trinajstić information content (AvgIpc) is 3.15. The molecule has 100 valence electrons. The predicted octanol–water partition coefficient (Wildman–Crippen LogP) is 0.631. The van der Waals surface area contributed by atoms with Gasteiger partial charge in [0.2, 0.25) is 0 Å². The maximum Gasteiger partial charge on any atom is 0.328 e. The number of H-pyrrole nitrogens is 1. The molecule has 1 heterocycles. The van der Waals surface area contributed by atoms with Gasteiger partial charge in [-0.3, -0.25) is 9.78 Å². The van der Waals surface area contributed by atoms with Gasteiger partial charge in [0, 0.05) is 24.3 Å². The van der Waals surface area contributed by atoms with Gasteiger partial charge in [0.05, 0.1) is 0 Å². The Kier molecular flexibility index (Phi) is 4.36. The molecule has 0 saturated heterocycles. The number of aromatic nitrogens is 2. The number of nitrogens with zero attached hydrogens (tertiary/aromatic N) is 1. The fourth-order valence-corrected chi connectivity index (χ4v) is 1.97. The van der Waals surface area contributed by atoms with E-state index in [1.54, 1.807) is 10.8 Å². The van der Waals surface area contributed by atoms with Crippen LogP contribution in [-0.4, -0.2) is 22.1 Å². The molecule has 0 aliphatic heterocycles. The van der Waals surface area contributed by atoms with E-state index in [0.29, 0.717) is 18.5 Å². The molecule has 0 amide bonds. The molecule has 5 nitrogen and oxygen atoms in total. The summed E-state index contributed by atoms with van der Waals surface area (Å²) in [5, 5.41) is 3.44. The molecule has 1 saturated carbocycles. The zero-order valence-corrected chi connectivity index (χ0v) is 10.9. The van der Waals surface area contributed by atoms with Gasteiger partial charge in [0.15, 0.2) is 0 Å². The van der Waals surface area contributed by atoms with Crippen molar-refractivity contribution in [1.29, 1.82) is 0 Å². The van der Waals surface area contributed by atoms with Crippen molar-refractivity contribution in [2.24, 2.45) is 0 Å². The molecule has 1 aromatic heterocycles. The van der Waals surface area contributed by atoms with E-state index in [0.717, 1.165) is 25.4 Å². The molecule has 1 aliphatic rings. The fraction of sp³-hybridized carbons (Fsp3) is 0.692. The minimum Gasteiger partial charge on any atom is -0.314 e. The number of unbranched alkanes of at least 4 members (excludes halogenated alkanes) is 1. The minimum absolute atomic E-state index is 0.255. The highest BCUT2D eigenvalue weighted by Crippen LogP contribution is 2.18. The Morgan fingerprint density at radius 1 is 1.39 bits per heavy atom. The number of aromatic amines is 1. The summed E-state index contributed by atoms with van der Waals surface area (Å²) in [6.07, 6.45) is 6.96. The number of nitrogens with one attached hydrogen (secondary N) is 2. The van der Waals surface area contributed by atoms with E-state index in [1.165, 1.54) is 12.8 Å². The Labute approximate surface area is 106 Å². The first-order chi connectivity index (χ1) is 8.70. The van der Waals surface area contributed by atoms with E-state index in [4.69, 9.17) is 0 Å². The van der Waals surface area contributed by atoms with Crippen LogP contribution in [0, 0.1) is 0 Å². The van der Waals surface area contributed by atoms with Crippen molar-refractivity contribution in [3.8, 4) is 0 Å². The third-order valence-corrected chi connectivity index (χ3v) is 3.30. The molecule has 0 spiro atoms. The SMILES string of the molecule is CCc1cn(CCCCNC2CC2)c(=O)[nH]c1=O. The second-order valence-electron chi connectivity index (χ2n) is 4.90. The summed E-state index contributed by atoms with van der Waals surface area (Å²) >= 11 is 0. The first-order valence-corrected chi connectivity index (χ1v) is 6.76. The van der Waals surface area contributed by atoms with Gasteiger partial charge in [-0.15, -0.1) is 0 Å². The van der Waals surface area contributed by atoms with Crippen LogP contribution in [0.5, 0.6) is 0 Å². The third-order valence-electron chi connectivity index (χ3n) is 3.30. The van der Waals surface area contributed by atoms with Crippen LogP contribution < -0.4 is 16.6 Å². The van der Waals surface area contributed by atoms with Crippen LogP contribution in [0.2, 0.25) is 0 Å². The van der Waals surface area contributed by atoms with Crippen molar-refractivity contribution >= 4 is 0 Å². The zero-order valence-electron chi connectivity index (χ0n) is 10.9. The fourth-order valence-electron chi connectivity index (χ4n) is 1.97. The van der Waals surface area contributed by atoms with Gasteiger partial charge in [-0.05, 0) is 38.6 Å². The van der Waals surface area contributed by atoms with E-state index < -0.39 is 0 Å². The van der Waals surface area contributed by atoms with Gasteiger partial charge < -0.3 is 9.88 Å². The highest BCUT2D eigenvalue weighted by Gasteiger charge is 2.19. The third kappa shape index (κ3) is 3.57. The Morgan fingerprint density at radius 2 is 2.17 bits per heavy atom. The molecule has 5 heteroatoms. The van der Waals surface area contributed by atoms with Crippen molar-refractivity contribution in [3.05, 3.63) is 32.6 Å². The van der Waals surface area contributed by atoms with E-state index in [1.807, 2.05) is 6.92 Å². The van der Waals surface area contributed by atoms with Crippen LogP contribution in [0.25, 0.3) is 0 Å². The van der Waals surface area contributed by atoms with Crippen molar-refractivity contribution < 1.29 is 0 Å². The second-order valence-corrected chi connectivity index (χ2v) is 4.90. The predicted molar refractivity (Wildman–Crippen MR) is 71.0 cm³/mol. The molecule has 0 aromatic carbocycles. The lowest BCUT2D eigenvalue weighted by atomic mass is 10.2. The summed E-state index contributed by atoms with van der Waals surface area (Å²) in [5.74, 6) is 0. The molecule has 0 radical (unpaired) electrons. The van der Waals surface area contributed by atoms with E-state index in [-0.39, 0.29) is 11.2 Å². The van der Waals surface area contributed by atoms with Gasteiger partial charge in [0.25, 0.3) is 5.56 Å².